The van der Waals surface area contributed by atoms with E-state index in [0.717, 1.165) is 31.4 Å². The third-order valence-electron chi connectivity index (χ3n) is 5.53. The van der Waals surface area contributed by atoms with Gasteiger partial charge in [0, 0.05) is 25.1 Å². The lowest BCUT2D eigenvalue weighted by atomic mass is 9.69. The number of nitrogens with zero attached hydrogens (tertiary/aromatic N) is 1. The van der Waals surface area contributed by atoms with E-state index in [4.69, 9.17) is 4.74 Å². The van der Waals surface area contributed by atoms with Gasteiger partial charge in [-0.2, -0.15) is 0 Å². The number of aliphatic hydroxyl groups is 1. The highest BCUT2D eigenvalue weighted by Gasteiger charge is 2.48. The molecule has 24 heavy (non-hydrogen) atoms. The molecular weight excluding hydrogens is 316 g/mol. The van der Waals surface area contributed by atoms with Crippen molar-refractivity contribution in [1.29, 1.82) is 0 Å². The standard InChI is InChI=1S/C18H23F2NO3/c1-2-18(23)7-3-4-12-9-21(10-14(12)18)17(22)11-24-16-6-5-13(19)8-15(16)20/h5-6,8,12,14,23H,2-4,7,9-11H2,1H3/t12-,14+,18-/m1/s1. The van der Waals surface area contributed by atoms with E-state index >= 15 is 0 Å². The molecule has 1 aromatic carbocycles. The number of carbonyl (C=O) groups is 1. The first-order chi connectivity index (χ1) is 11.4. The van der Waals surface area contributed by atoms with Gasteiger partial charge in [-0.05, 0) is 37.3 Å². The van der Waals surface area contributed by atoms with Gasteiger partial charge >= 0.3 is 0 Å². The van der Waals surface area contributed by atoms with Crippen LogP contribution in [0.5, 0.6) is 5.75 Å². The van der Waals surface area contributed by atoms with Gasteiger partial charge < -0.3 is 14.7 Å². The van der Waals surface area contributed by atoms with Gasteiger partial charge in [0.05, 0.1) is 5.60 Å². The average molecular weight is 339 g/mol. The maximum absolute atomic E-state index is 13.5. The highest BCUT2D eigenvalue weighted by molar-refractivity contribution is 5.78. The zero-order valence-electron chi connectivity index (χ0n) is 13.8. The molecule has 3 rings (SSSR count). The topological polar surface area (TPSA) is 49.8 Å². The van der Waals surface area contributed by atoms with Crippen molar-refractivity contribution < 1.29 is 23.4 Å². The van der Waals surface area contributed by atoms with E-state index in [2.05, 4.69) is 0 Å². The van der Waals surface area contributed by atoms with E-state index in [9.17, 15) is 18.7 Å². The molecule has 1 heterocycles. The number of ether oxygens (including phenoxy) is 1. The number of rotatable bonds is 4. The van der Waals surface area contributed by atoms with Crippen LogP contribution < -0.4 is 4.74 Å². The summed E-state index contributed by atoms with van der Waals surface area (Å²) in [4.78, 5) is 14.1. The summed E-state index contributed by atoms with van der Waals surface area (Å²) in [6.07, 6.45) is 3.46. The van der Waals surface area contributed by atoms with Crippen LogP contribution in [0.15, 0.2) is 18.2 Å². The SMILES string of the molecule is CC[C@@]1(O)CCC[C@@H]2CN(C(=O)COc3ccc(F)cc3F)C[C@@H]21. The van der Waals surface area contributed by atoms with Crippen LogP contribution in [0.25, 0.3) is 0 Å². The molecule has 1 saturated heterocycles. The Labute approximate surface area is 140 Å². The molecule has 2 aliphatic rings. The summed E-state index contributed by atoms with van der Waals surface area (Å²) in [7, 11) is 0. The van der Waals surface area contributed by atoms with E-state index < -0.39 is 17.2 Å². The van der Waals surface area contributed by atoms with Crippen LogP contribution in [0.4, 0.5) is 8.78 Å². The van der Waals surface area contributed by atoms with Gasteiger partial charge in [-0.15, -0.1) is 0 Å². The first-order valence-corrected chi connectivity index (χ1v) is 8.51. The normalized spacial score (nSPS) is 29.4. The van der Waals surface area contributed by atoms with Gasteiger partial charge in [0.2, 0.25) is 0 Å². The Hall–Kier alpha value is -1.69. The van der Waals surface area contributed by atoms with Gasteiger partial charge in [-0.25, -0.2) is 8.78 Å². The first-order valence-electron chi connectivity index (χ1n) is 8.51. The number of amides is 1. The summed E-state index contributed by atoms with van der Waals surface area (Å²) in [5.74, 6) is -1.46. The van der Waals surface area contributed by atoms with Gasteiger partial charge in [0.15, 0.2) is 18.2 Å². The number of likely N-dealkylation sites (tertiary alicyclic amines) is 1. The largest absolute Gasteiger partial charge is 0.481 e. The molecule has 0 bridgehead atoms. The van der Waals surface area contributed by atoms with Crippen LogP contribution in [-0.2, 0) is 4.79 Å². The van der Waals surface area contributed by atoms with E-state index in [1.54, 1.807) is 4.90 Å². The van der Waals surface area contributed by atoms with Gasteiger partial charge in [0.1, 0.15) is 5.82 Å². The Morgan fingerprint density at radius 1 is 1.42 bits per heavy atom. The molecule has 1 aliphatic carbocycles. The summed E-state index contributed by atoms with van der Waals surface area (Å²) >= 11 is 0. The van der Waals surface area contributed by atoms with Crippen LogP contribution in [-0.4, -0.2) is 41.2 Å². The number of hydrogen-bond acceptors (Lipinski definition) is 3. The van der Waals surface area contributed by atoms with Crippen molar-refractivity contribution in [3.05, 3.63) is 29.8 Å². The smallest absolute Gasteiger partial charge is 0.260 e. The Kier molecular flexibility index (Phi) is 4.76. The predicted molar refractivity (Wildman–Crippen MR) is 84.5 cm³/mol. The monoisotopic (exact) mass is 339 g/mol. The molecule has 1 saturated carbocycles. The van der Waals surface area contributed by atoms with E-state index in [0.29, 0.717) is 25.4 Å². The van der Waals surface area contributed by atoms with Crippen LogP contribution >= 0.6 is 0 Å². The first kappa shape index (κ1) is 17.1. The molecule has 0 aromatic heterocycles. The molecule has 0 spiro atoms. The molecule has 0 radical (unpaired) electrons. The predicted octanol–water partition coefficient (Wildman–Crippen LogP) is 2.74. The van der Waals surface area contributed by atoms with Crippen LogP contribution in [0.3, 0.4) is 0 Å². The Balaban J connectivity index is 1.60. The maximum Gasteiger partial charge on any atom is 0.260 e. The van der Waals surface area contributed by atoms with Gasteiger partial charge in [0.25, 0.3) is 5.91 Å². The fraction of sp³-hybridized carbons (Fsp3) is 0.611. The minimum absolute atomic E-state index is 0.0998. The zero-order chi connectivity index (χ0) is 17.3. The molecule has 2 fully saturated rings. The number of carbonyl (C=O) groups excluding carboxylic acids is 1. The highest BCUT2D eigenvalue weighted by atomic mass is 19.1. The molecule has 1 amide bonds. The second kappa shape index (κ2) is 6.67. The summed E-state index contributed by atoms with van der Waals surface area (Å²) in [5.41, 5.74) is -0.693. The van der Waals surface area contributed by atoms with Crippen LogP contribution in [0.2, 0.25) is 0 Å². The minimum atomic E-state index is -0.821. The fourth-order valence-corrected chi connectivity index (χ4v) is 4.09. The highest BCUT2D eigenvalue weighted by Crippen LogP contribution is 2.44. The Morgan fingerprint density at radius 3 is 2.92 bits per heavy atom. The molecule has 0 unspecified atom stereocenters. The maximum atomic E-state index is 13.5. The molecule has 132 valence electrons. The number of halogens is 2. The lowest BCUT2D eigenvalue weighted by Gasteiger charge is -2.40. The summed E-state index contributed by atoms with van der Waals surface area (Å²) in [6, 6.07) is 3.00. The Bertz CT molecular complexity index is 624. The van der Waals surface area contributed by atoms with Gasteiger partial charge in [-0.1, -0.05) is 13.3 Å². The van der Waals surface area contributed by atoms with Crippen molar-refractivity contribution in [2.75, 3.05) is 19.7 Å². The molecule has 1 N–H and O–H groups in total. The summed E-state index contributed by atoms with van der Waals surface area (Å²) in [5, 5.41) is 10.8. The van der Waals surface area contributed by atoms with Crippen molar-refractivity contribution in [2.24, 2.45) is 11.8 Å². The zero-order valence-corrected chi connectivity index (χ0v) is 13.8. The fourth-order valence-electron chi connectivity index (χ4n) is 4.09. The van der Waals surface area contributed by atoms with E-state index in [1.807, 2.05) is 6.92 Å². The van der Waals surface area contributed by atoms with Crippen molar-refractivity contribution in [3.8, 4) is 5.75 Å². The number of hydrogen-bond donors (Lipinski definition) is 1. The number of fused-ring (bicyclic) bond motifs is 1. The quantitative estimate of drug-likeness (QED) is 0.918. The molecule has 4 nitrogen and oxygen atoms in total. The number of benzene rings is 1. The van der Waals surface area contributed by atoms with Crippen molar-refractivity contribution in [3.63, 3.8) is 0 Å². The molecule has 1 aromatic rings. The minimum Gasteiger partial charge on any atom is -0.481 e. The molecule has 6 heteroatoms. The lowest BCUT2D eigenvalue weighted by molar-refractivity contribution is -0.133. The second-order valence-electron chi connectivity index (χ2n) is 6.88. The second-order valence-corrected chi connectivity index (χ2v) is 6.88. The van der Waals surface area contributed by atoms with E-state index in [-0.39, 0.29) is 24.2 Å². The van der Waals surface area contributed by atoms with Gasteiger partial charge in [-0.3, -0.25) is 4.79 Å². The third kappa shape index (κ3) is 3.24. The summed E-state index contributed by atoms with van der Waals surface area (Å²) < 4.78 is 31.6. The van der Waals surface area contributed by atoms with Crippen LogP contribution in [0.1, 0.15) is 32.6 Å². The van der Waals surface area contributed by atoms with Crippen molar-refractivity contribution in [1.82, 2.24) is 4.90 Å². The van der Waals surface area contributed by atoms with E-state index in [1.165, 1.54) is 6.07 Å². The summed E-state index contributed by atoms with van der Waals surface area (Å²) in [6.45, 7) is 2.82. The molecule has 1 aliphatic heterocycles. The Morgan fingerprint density at radius 2 is 2.21 bits per heavy atom. The van der Waals surface area contributed by atoms with Crippen molar-refractivity contribution >= 4 is 5.91 Å². The third-order valence-corrected chi connectivity index (χ3v) is 5.53. The average Bonchev–Trinajstić information content (AvgIpc) is 3.00. The lowest BCUT2D eigenvalue weighted by Crippen LogP contribution is -2.44. The van der Waals surface area contributed by atoms with Crippen molar-refractivity contribution in [2.45, 2.75) is 38.2 Å². The molecular formula is C18H23F2NO3. The molecule has 3 atom stereocenters. The van der Waals surface area contributed by atoms with Crippen LogP contribution in [0, 0.1) is 23.5 Å².